The maximum Gasteiger partial charge on any atom is 0.469 e. The largest absolute Gasteiger partial charge is 0.469 e. The molecule has 0 aliphatic heterocycles. The molecule has 4 saturated carbocycles. The number of carbonyl (C=O) groups excluding carboxylic acids is 1. The number of fused-ring (bicyclic) bond motifs is 5. The zero-order valence-electron chi connectivity index (χ0n) is 20.6. The molecule has 4 aliphatic carbocycles. The van der Waals surface area contributed by atoms with Crippen LogP contribution >= 0.6 is 7.82 Å². The Morgan fingerprint density at radius 1 is 1.06 bits per heavy atom. The normalized spacial score (nSPS) is 46.1. The van der Waals surface area contributed by atoms with Crippen molar-refractivity contribution in [2.75, 3.05) is 7.11 Å². The first-order valence-electron chi connectivity index (χ1n) is 12.9. The summed E-state index contributed by atoms with van der Waals surface area (Å²) in [6.45, 7) is 6.99. The third-order valence-electron chi connectivity index (χ3n) is 10.7. The third kappa shape index (κ3) is 4.70. The molecule has 3 N–H and O–H groups in total. The molecule has 4 unspecified atom stereocenters. The van der Waals surface area contributed by atoms with Crippen LogP contribution in [-0.4, -0.2) is 40.2 Å². The zero-order chi connectivity index (χ0) is 24.2. The molecule has 4 rings (SSSR count). The number of hydrogen-bond acceptors (Lipinski definition) is 5. The molecule has 0 aromatic rings. The van der Waals surface area contributed by atoms with Crippen LogP contribution in [0, 0.1) is 46.3 Å². The number of aliphatic hydroxyl groups excluding tert-OH is 1. The second-order valence-electron chi connectivity index (χ2n) is 12.1. The first-order chi connectivity index (χ1) is 15.4. The first kappa shape index (κ1) is 25.6. The lowest BCUT2D eigenvalue weighted by atomic mass is 9.43. The predicted octanol–water partition coefficient (Wildman–Crippen LogP) is 4.68. The Hall–Kier alpha value is -0.460. The van der Waals surface area contributed by atoms with E-state index in [0.717, 1.165) is 44.9 Å². The van der Waals surface area contributed by atoms with Gasteiger partial charge in [-0.3, -0.25) is 9.32 Å². The molecule has 0 amide bonds. The quantitative estimate of drug-likeness (QED) is 0.369. The van der Waals surface area contributed by atoms with Gasteiger partial charge in [0.25, 0.3) is 0 Å². The lowest BCUT2D eigenvalue weighted by Gasteiger charge is -2.63. The molecule has 0 saturated heterocycles. The molecule has 4 fully saturated rings. The van der Waals surface area contributed by atoms with E-state index in [9.17, 15) is 24.3 Å². The fourth-order valence-electron chi connectivity index (χ4n) is 9.08. The van der Waals surface area contributed by atoms with Crippen molar-refractivity contribution in [2.24, 2.45) is 46.3 Å². The van der Waals surface area contributed by atoms with Crippen LogP contribution in [0.1, 0.15) is 85.0 Å². The third-order valence-corrected chi connectivity index (χ3v) is 11.2. The summed E-state index contributed by atoms with van der Waals surface area (Å²) in [6.07, 6.45) is 7.88. The van der Waals surface area contributed by atoms with E-state index in [1.54, 1.807) is 0 Å². The van der Waals surface area contributed by atoms with Crippen LogP contribution in [-0.2, 0) is 18.6 Å². The smallest absolute Gasteiger partial charge is 0.469 e. The molecule has 7 nitrogen and oxygen atoms in total. The van der Waals surface area contributed by atoms with Crippen molar-refractivity contribution in [3.05, 3.63) is 0 Å². The summed E-state index contributed by atoms with van der Waals surface area (Å²) in [4.78, 5) is 31.2. The maximum absolute atomic E-state index is 12.0. The highest BCUT2D eigenvalue weighted by Gasteiger charge is 2.63. The molecule has 4 aliphatic rings. The van der Waals surface area contributed by atoms with Gasteiger partial charge in [0.2, 0.25) is 0 Å². The molecular formula is C25H43O7P. The summed E-state index contributed by atoms with van der Waals surface area (Å²) in [5, 5.41) is 10.3. The van der Waals surface area contributed by atoms with Crippen LogP contribution < -0.4 is 0 Å². The summed E-state index contributed by atoms with van der Waals surface area (Å²) < 4.78 is 22.4. The highest BCUT2D eigenvalue weighted by atomic mass is 31.2. The number of phosphoric ester groups is 1. The monoisotopic (exact) mass is 486 g/mol. The minimum atomic E-state index is -4.61. The van der Waals surface area contributed by atoms with E-state index in [1.165, 1.54) is 7.11 Å². The van der Waals surface area contributed by atoms with E-state index in [-0.39, 0.29) is 34.7 Å². The van der Waals surface area contributed by atoms with Gasteiger partial charge >= 0.3 is 13.8 Å². The highest BCUT2D eigenvalue weighted by molar-refractivity contribution is 7.46. The Balaban J connectivity index is 1.61. The lowest BCUT2D eigenvalue weighted by molar-refractivity contribution is -0.171. The van der Waals surface area contributed by atoms with Gasteiger partial charge in [-0.2, -0.15) is 0 Å². The van der Waals surface area contributed by atoms with Crippen LogP contribution in [0.3, 0.4) is 0 Å². The summed E-state index contributed by atoms with van der Waals surface area (Å²) in [6, 6.07) is 0. The van der Waals surface area contributed by atoms with Crippen molar-refractivity contribution in [1.82, 2.24) is 0 Å². The van der Waals surface area contributed by atoms with Gasteiger partial charge in [-0.05, 0) is 104 Å². The number of phosphoric acid groups is 1. The topological polar surface area (TPSA) is 113 Å². The van der Waals surface area contributed by atoms with Gasteiger partial charge in [0.15, 0.2) is 0 Å². The van der Waals surface area contributed by atoms with E-state index >= 15 is 0 Å². The van der Waals surface area contributed by atoms with E-state index in [2.05, 4.69) is 20.8 Å². The Kier molecular flexibility index (Phi) is 7.15. The number of hydrogen-bond donors (Lipinski definition) is 3. The van der Waals surface area contributed by atoms with E-state index in [1.807, 2.05) is 0 Å². The van der Waals surface area contributed by atoms with Gasteiger partial charge in [-0.25, -0.2) is 4.57 Å². The number of aliphatic hydroxyl groups is 1. The minimum Gasteiger partial charge on any atom is -0.469 e. The first-order valence-corrected chi connectivity index (χ1v) is 14.4. The van der Waals surface area contributed by atoms with Crippen molar-refractivity contribution in [2.45, 2.75) is 97.2 Å². The van der Waals surface area contributed by atoms with Crippen molar-refractivity contribution in [3.63, 3.8) is 0 Å². The molecule has 0 radical (unpaired) electrons. The van der Waals surface area contributed by atoms with Crippen LogP contribution in [0.15, 0.2) is 0 Å². The fourth-order valence-corrected chi connectivity index (χ4v) is 9.66. The van der Waals surface area contributed by atoms with Crippen molar-refractivity contribution < 1.29 is 33.5 Å². The van der Waals surface area contributed by atoms with Gasteiger partial charge < -0.3 is 19.6 Å². The fraction of sp³-hybridized carbons (Fsp3) is 0.960. The van der Waals surface area contributed by atoms with Gasteiger partial charge in [0.1, 0.15) is 0 Å². The van der Waals surface area contributed by atoms with Gasteiger partial charge in [0.05, 0.1) is 19.3 Å². The molecule has 8 heteroatoms. The number of methoxy groups -OCH3 is 1. The molecule has 0 heterocycles. The molecular weight excluding hydrogens is 443 g/mol. The van der Waals surface area contributed by atoms with Crippen LogP contribution in [0.5, 0.6) is 0 Å². The molecule has 33 heavy (non-hydrogen) atoms. The summed E-state index contributed by atoms with van der Waals surface area (Å²) in [5.41, 5.74) is 0.180. The van der Waals surface area contributed by atoms with E-state index in [4.69, 9.17) is 9.26 Å². The van der Waals surface area contributed by atoms with Gasteiger partial charge in [-0.15, -0.1) is 0 Å². The van der Waals surface area contributed by atoms with Crippen molar-refractivity contribution in [1.29, 1.82) is 0 Å². The lowest BCUT2D eigenvalue weighted by Crippen LogP contribution is -2.59. The van der Waals surface area contributed by atoms with Crippen molar-refractivity contribution in [3.8, 4) is 0 Å². The Bertz CT molecular complexity index is 783. The number of esters is 1. The minimum absolute atomic E-state index is 0.0879. The van der Waals surface area contributed by atoms with E-state index < -0.39 is 13.9 Å². The van der Waals surface area contributed by atoms with Gasteiger partial charge in [-0.1, -0.05) is 20.8 Å². The molecule has 0 bridgehead atoms. The van der Waals surface area contributed by atoms with E-state index in [0.29, 0.717) is 42.9 Å². The second kappa shape index (κ2) is 9.20. The average Bonchev–Trinajstić information content (AvgIpc) is 3.09. The second-order valence-corrected chi connectivity index (χ2v) is 13.3. The maximum atomic E-state index is 12.0. The zero-order valence-corrected chi connectivity index (χ0v) is 21.5. The standard InChI is InChI=1S/C25H43O7P/c1-15(5-8-22(27)31-4)18-6-7-19-23-20(10-12-25(18,19)3)24(2)11-9-17(26)13-16(24)14-21(23)32-33(28,29)30/h15-21,23,26H,5-14H2,1-4H3,(H2,28,29,30)/t15-,16?,17-,18-,19+,20+,21-,23?,24?,25?/m1/s1. The molecule has 0 aromatic heterocycles. The Labute approximate surface area is 198 Å². The van der Waals surface area contributed by atoms with Crippen LogP contribution in [0.25, 0.3) is 0 Å². The summed E-state index contributed by atoms with van der Waals surface area (Å²) in [5.74, 6) is 1.82. The molecule has 190 valence electrons. The summed E-state index contributed by atoms with van der Waals surface area (Å²) in [7, 11) is -3.18. The van der Waals surface area contributed by atoms with Crippen molar-refractivity contribution >= 4 is 13.8 Å². The SMILES string of the molecule is COC(=O)CC[C@@H](C)[C@H]1CC[C@H]2C3[C@H](OP(=O)(O)O)CC4C[C@H](O)CCC4(C)[C@H]3CCC12C. The Morgan fingerprint density at radius 3 is 2.39 bits per heavy atom. The number of ether oxygens (including phenoxy) is 1. The molecule has 0 aromatic carbocycles. The Morgan fingerprint density at radius 2 is 1.73 bits per heavy atom. The number of carbonyl (C=O) groups is 1. The van der Waals surface area contributed by atoms with Gasteiger partial charge in [0, 0.05) is 6.42 Å². The van der Waals surface area contributed by atoms with Crippen LogP contribution in [0.4, 0.5) is 0 Å². The molecule has 0 spiro atoms. The summed E-state index contributed by atoms with van der Waals surface area (Å²) >= 11 is 0. The molecule has 10 atom stereocenters. The van der Waals surface area contributed by atoms with Crippen LogP contribution in [0.2, 0.25) is 0 Å². The highest BCUT2D eigenvalue weighted by Crippen LogP contribution is 2.69. The average molecular weight is 487 g/mol. The number of rotatable bonds is 6. The predicted molar refractivity (Wildman–Crippen MR) is 124 cm³/mol.